The van der Waals surface area contributed by atoms with Gasteiger partial charge < -0.3 is 31.6 Å². The number of nitrogens with two attached hydrogens (primary N) is 1. The molecule has 2 rings (SSSR count). The number of carbonyl (C=O) groups excluding carboxylic acids is 2. The summed E-state index contributed by atoms with van der Waals surface area (Å²) in [5.41, 5.74) is 7.32. The zero-order valence-corrected chi connectivity index (χ0v) is 17.5. The van der Waals surface area contributed by atoms with E-state index in [1.54, 1.807) is 12.1 Å². The van der Waals surface area contributed by atoms with E-state index in [-0.39, 0.29) is 24.5 Å². The third-order valence-corrected chi connectivity index (χ3v) is 4.66. The van der Waals surface area contributed by atoms with Gasteiger partial charge in [-0.05, 0) is 36.5 Å². The number of aromatic amines is 1. The molecule has 3 atom stereocenters. The molecule has 1 heterocycles. The minimum Gasteiger partial charge on any atom is -0.508 e. The number of phenols is 1. The number of nitrogens with zero attached hydrogens (tertiary/aromatic N) is 1. The molecule has 31 heavy (non-hydrogen) atoms. The topological polar surface area (TPSA) is 170 Å². The Morgan fingerprint density at radius 3 is 2.26 bits per heavy atom. The first kappa shape index (κ1) is 23.9. The predicted octanol–water partition coefficient (Wildman–Crippen LogP) is 0.328. The third kappa shape index (κ3) is 7.74. The maximum atomic E-state index is 12.8. The third-order valence-electron chi connectivity index (χ3n) is 4.66. The smallest absolute Gasteiger partial charge is 0.326 e. The lowest BCUT2D eigenvalue weighted by Gasteiger charge is -2.24. The van der Waals surface area contributed by atoms with Gasteiger partial charge in [-0.25, -0.2) is 9.78 Å². The van der Waals surface area contributed by atoms with Crippen molar-refractivity contribution < 1.29 is 24.6 Å². The van der Waals surface area contributed by atoms with Gasteiger partial charge in [0.15, 0.2) is 0 Å². The molecule has 1 aromatic heterocycles. The van der Waals surface area contributed by atoms with Crippen LogP contribution in [0.4, 0.5) is 0 Å². The van der Waals surface area contributed by atoms with Crippen molar-refractivity contribution in [2.45, 2.75) is 51.2 Å². The van der Waals surface area contributed by atoms with Crippen molar-refractivity contribution in [1.29, 1.82) is 0 Å². The van der Waals surface area contributed by atoms with Gasteiger partial charge in [0.05, 0.1) is 12.4 Å². The second kappa shape index (κ2) is 11.1. The molecule has 10 heteroatoms. The van der Waals surface area contributed by atoms with E-state index in [2.05, 4.69) is 20.6 Å². The van der Waals surface area contributed by atoms with Crippen molar-refractivity contribution in [3.8, 4) is 5.75 Å². The summed E-state index contributed by atoms with van der Waals surface area (Å²) in [7, 11) is 0. The number of aromatic nitrogens is 2. The van der Waals surface area contributed by atoms with Crippen LogP contribution in [0.5, 0.6) is 5.75 Å². The van der Waals surface area contributed by atoms with Crippen LogP contribution in [0.3, 0.4) is 0 Å². The van der Waals surface area contributed by atoms with Crippen LogP contribution in [0.25, 0.3) is 0 Å². The summed E-state index contributed by atoms with van der Waals surface area (Å²) in [5.74, 6) is -2.12. The van der Waals surface area contributed by atoms with Gasteiger partial charge in [-0.2, -0.15) is 0 Å². The summed E-state index contributed by atoms with van der Waals surface area (Å²) in [5, 5.41) is 24.0. The second-order valence-corrected chi connectivity index (χ2v) is 7.85. The van der Waals surface area contributed by atoms with E-state index < -0.39 is 35.9 Å². The molecule has 2 amide bonds. The lowest BCUT2D eigenvalue weighted by atomic mass is 10.0. The molecule has 0 spiro atoms. The van der Waals surface area contributed by atoms with Crippen LogP contribution in [0.2, 0.25) is 0 Å². The van der Waals surface area contributed by atoms with Crippen LogP contribution in [0, 0.1) is 5.92 Å². The summed E-state index contributed by atoms with van der Waals surface area (Å²) in [6, 6.07) is 3.31. The number of carboxylic acid groups (broad SMARTS) is 1. The Labute approximate surface area is 180 Å². The molecule has 0 saturated heterocycles. The number of rotatable bonds is 11. The lowest BCUT2D eigenvalue weighted by Crippen LogP contribution is -2.55. The van der Waals surface area contributed by atoms with Gasteiger partial charge in [-0.3, -0.25) is 9.59 Å². The standard InChI is InChI=1S/C21H29N5O5/c1-12(2)7-17(20(29)26-18(21(30)31)9-14-10-23-11-24-14)25-19(28)16(22)8-13-3-5-15(27)6-4-13/h3-6,10-12,16-18,27H,7-9,22H2,1-2H3,(H,23,24)(H,25,28)(H,26,29)(H,30,31). The molecular formula is C21H29N5O5. The Balaban J connectivity index is 2.02. The summed E-state index contributed by atoms with van der Waals surface area (Å²) < 4.78 is 0. The van der Waals surface area contributed by atoms with E-state index in [4.69, 9.17) is 5.73 Å². The SMILES string of the molecule is CC(C)CC(NC(=O)C(N)Cc1ccc(O)cc1)C(=O)NC(Cc1cnc[nH]1)C(=O)O. The maximum absolute atomic E-state index is 12.8. The fourth-order valence-corrected chi connectivity index (χ4v) is 3.05. The van der Waals surface area contributed by atoms with Crippen molar-refractivity contribution >= 4 is 17.8 Å². The van der Waals surface area contributed by atoms with Crippen molar-refractivity contribution in [1.82, 2.24) is 20.6 Å². The Hall–Kier alpha value is -3.40. The van der Waals surface area contributed by atoms with Crippen LogP contribution in [-0.4, -0.2) is 56.1 Å². The number of aliphatic carboxylic acids is 1. The molecule has 0 radical (unpaired) electrons. The molecular weight excluding hydrogens is 402 g/mol. The number of hydrogen-bond donors (Lipinski definition) is 6. The van der Waals surface area contributed by atoms with Crippen LogP contribution in [-0.2, 0) is 27.2 Å². The summed E-state index contributed by atoms with van der Waals surface area (Å²) in [6.07, 6.45) is 3.48. The van der Waals surface area contributed by atoms with Gasteiger partial charge in [0.25, 0.3) is 0 Å². The van der Waals surface area contributed by atoms with E-state index in [0.29, 0.717) is 12.1 Å². The van der Waals surface area contributed by atoms with Crippen molar-refractivity contribution in [3.05, 3.63) is 48.0 Å². The number of benzene rings is 1. The molecule has 10 nitrogen and oxygen atoms in total. The zero-order chi connectivity index (χ0) is 23.0. The summed E-state index contributed by atoms with van der Waals surface area (Å²) in [4.78, 5) is 43.6. The summed E-state index contributed by atoms with van der Waals surface area (Å²) in [6.45, 7) is 3.78. The Bertz CT molecular complexity index is 867. The molecule has 0 bridgehead atoms. The Kier molecular flexibility index (Phi) is 8.56. The Morgan fingerprint density at radius 1 is 1.06 bits per heavy atom. The van der Waals surface area contributed by atoms with Gasteiger partial charge in [0, 0.05) is 18.3 Å². The van der Waals surface area contributed by atoms with Crippen molar-refractivity contribution in [2.75, 3.05) is 0 Å². The molecule has 2 aromatic rings. The first-order valence-corrected chi connectivity index (χ1v) is 10.00. The first-order chi connectivity index (χ1) is 14.7. The number of hydrogen-bond acceptors (Lipinski definition) is 6. The van der Waals surface area contributed by atoms with Crippen LogP contribution >= 0.6 is 0 Å². The highest BCUT2D eigenvalue weighted by atomic mass is 16.4. The molecule has 0 aliphatic carbocycles. The molecule has 168 valence electrons. The maximum Gasteiger partial charge on any atom is 0.326 e. The zero-order valence-electron chi connectivity index (χ0n) is 17.5. The van der Waals surface area contributed by atoms with Crippen molar-refractivity contribution in [3.63, 3.8) is 0 Å². The number of imidazole rings is 1. The van der Waals surface area contributed by atoms with Crippen LogP contribution in [0.1, 0.15) is 31.5 Å². The number of H-pyrrole nitrogens is 1. The average molecular weight is 431 g/mol. The van der Waals surface area contributed by atoms with Gasteiger partial charge in [0.1, 0.15) is 17.8 Å². The van der Waals surface area contributed by atoms with E-state index in [1.165, 1.54) is 24.7 Å². The van der Waals surface area contributed by atoms with E-state index in [9.17, 15) is 24.6 Å². The first-order valence-electron chi connectivity index (χ1n) is 10.00. The highest BCUT2D eigenvalue weighted by Gasteiger charge is 2.29. The largest absolute Gasteiger partial charge is 0.508 e. The number of carbonyl (C=O) groups is 3. The fourth-order valence-electron chi connectivity index (χ4n) is 3.05. The van der Waals surface area contributed by atoms with Gasteiger partial charge in [0.2, 0.25) is 11.8 Å². The molecule has 1 aromatic carbocycles. The molecule has 0 saturated carbocycles. The fraction of sp³-hybridized carbons (Fsp3) is 0.429. The average Bonchev–Trinajstić information content (AvgIpc) is 3.21. The highest BCUT2D eigenvalue weighted by molar-refractivity contribution is 5.91. The molecule has 3 unspecified atom stereocenters. The van der Waals surface area contributed by atoms with Crippen LogP contribution < -0.4 is 16.4 Å². The van der Waals surface area contributed by atoms with E-state index in [1.807, 2.05) is 13.8 Å². The number of amides is 2. The van der Waals surface area contributed by atoms with E-state index in [0.717, 1.165) is 5.56 Å². The van der Waals surface area contributed by atoms with Crippen molar-refractivity contribution in [2.24, 2.45) is 11.7 Å². The van der Waals surface area contributed by atoms with Gasteiger partial charge in [-0.1, -0.05) is 26.0 Å². The number of phenolic OH excluding ortho intramolecular Hbond substituents is 1. The number of nitrogens with one attached hydrogen (secondary N) is 3. The quantitative estimate of drug-likeness (QED) is 0.298. The minimum absolute atomic E-state index is 0.0315. The minimum atomic E-state index is -1.19. The Morgan fingerprint density at radius 2 is 1.71 bits per heavy atom. The molecule has 0 aliphatic heterocycles. The molecule has 0 fully saturated rings. The predicted molar refractivity (Wildman–Crippen MR) is 113 cm³/mol. The van der Waals surface area contributed by atoms with Gasteiger partial charge >= 0.3 is 5.97 Å². The van der Waals surface area contributed by atoms with Crippen LogP contribution in [0.15, 0.2) is 36.8 Å². The van der Waals surface area contributed by atoms with Gasteiger partial charge in [-0.15, -0.1) is 0 Å². The highest BCUT2D eigenvalue weighted by Crippen LogP contribution is 2.12. The molecule has 0 aliphatic rings. The molecule has 7 N–H and O–H groups in total. The second-order valence-electron chi connectivity index (χ2n) is 7.85. The normalized spacial score (nSPS) is 13.9. The summed E-state index contributed by atoms with van der Waals surface area (Å²) >= 11 is 0. The monoisotopic (exact) mass is 431 g/mol. The van der Waals surface area contributed by atoms with E-state index >= 15 is 0 Å². The number of carboxylic acids is 1. The number of aromatic hydroxyl groups is 1. The lowest BCUT2D eigenvalue weighted by molar-refractivity contribution is -0.142.